The molecule has 0 fully saturated rings. The molecule has 0 spiro atoms. The number of benzene rings is 1. The van der Waals surface area contributed by atoms with Gasteiger partial charge in [-0.1, -0.05) is 17.3 Å². The maximum Gasteiger partial charge on any atom is 0.145 e. The van der Waals surface area contributed by atoms with E-state index >= 15 is 0 Å². The molecule has 1 aromatic heterocycles. The Morgan fingerprint density at radius 2 is 2.04 bits per heavy atom. The fourth-order valence-corrected chi connectivity index (χ4v) is 3.29. The molecule has 0 saturated carbocycles. The zero-order chi connectivity index (χ0) is 17.1. The van der Waals surface area contributed by atoms with Gasteiger partial charge in [0.05, 0.1) is 18.4 Å². The van der Waals surface area contributed by atoms with Crippen LogP contribution >= 0.6 is 0 Å². The van der Waals surface area contributed by atoms with Gasteiger partial charge in [0.25, 0.3) is 0 Å². The summed E-state index contributed by atoms with van der Waals surface area (Å²) >= 11 is 0. The summed E-state index contributed by atoms with van der Waals surface area (Å²) < 4.78 is 11.3. The van der Waals surface area contributed by atoms with Crippen molar-refractivity contribution in [3.05, 3.63) is 47.4 Å². The predicted molar refractivity (Wildman–Crippen MR) is 94.0 cm³/mol. The molecule has 4 heteroatoms. The molecule has 1 unspecified atom stereocenters. The molecule has 0 bridgehead atoms. The molecule has 0 aliphatic heterocycles. The molecule has 1 heterocycles. The Morgan fingerprint density at radius 1 is 1.29 bits per heavy atom. The minimum atomic E-state index is -0.549. The lowest BCUT2D eigenvalue weighted by Crippen LogP contribution is -2.01. The van der Waals surface area contributed by atoms with E-state index in [1.807, 2.05) is 32.0 Å². The number of aliphatic hydroxyl groups is 1. The van der Waals surface area contributed by atoms with Gasteiger partial charge in [-0.3, -0.25) is 0 Å². The van der Waals surface area contributed by atoms with Gasteiger partial charge in [0, 0.05) is 12.0 Å². The van der Waals surface area contributed by atoms with Crippen molar-refractivity contribution in [2.45, 2.75) is 46.1 Å². The van der Waals surface area contributed by atoms with Crippen molar-refractivity contribution in [1.82, 2.24) is 5.16 Å². The third-order valence-corrected chi connectivity index (χ3v) is 4.52. The fourth-order valence-electron chi connectivity index (χ4n) is 3.29. The zero-order valence-corrected chi connectivity index (χ0v) is 14.6. The SMILES string of the molecule is CCOc1cc(-c2c(C)noc2CC2CC=CC2)cc(C(C)O)c1. The molecular formula is C20H25NO3. The lowest BCUT2D eigenvalue weighted by Gasteiger charge is -2.13. The van der Waals surface area contributed by atoms with E-state index in [2.05, 4.69) is 17.3 Å². The third-order valence-electron chi connectivity index (χ3n) is 4.52. The van der Waals surface area contributed by atoms with Gasteiger partial charge in [0.15, 0.2) is 0 Å². The minimum absolute atomic E-state index is 0.549. The van der Waals surface area contributed by atoms with E-state index in [0.717, 1.165) is 53.2 Å². The van der Waals surface area contributed by atoms with Crippen LogP contribution in [-0.2, 0) is 6.42 Å². The van der Waals surface area contributed by atoms with Gasteiger partial charge in [-0.05, 0) is 68.9 Å². The molecule has 1 aromatic carbocycles. The Morgan fingerprint density at radius 3 is 2.71 bits per heavy atom. The largest absolute Gasteiger partial charge is 0.494 e. The van der Waals surface area contributed by atoms with Crippen LogP contribution in [0.3, 0.4) is 0 Å². The van der Waals surface area contributed by atoms with E-state index in [-0.39, 0.29) is 0 Å². The summed E-state index contributed by atoms with van der Waals surface area (Å²) in [5.74, 6) is 2.27. The van der Waals surface area contributed by atoms with E-state index < -0.39 is 6.10 Å². The maximum atomic E-state index is 10.0. The summed E-state index contributed by atoms with van der Waals surface area (Å²) in [5, 5.41) is 14.2. The first kappa shape index (κ1) is 16.8. The third kappa shape index (κ3) is 3.54. The quantitative estimate of drug-likeness (QED) is 0.787. The lowest BCUT2D eigenvalue weighted by molar-refractivity contribution is 0.198. The molecule has 1 N–H and O–H groups in total. The molecule has 0 saturated heterocycles. The number of allylic oxidation sites excluding steroid dienone is 2. The van der Waals surface area contributed by atoms with Gasteiger partial charge in [0.1, 0.15) is 11.5 Å². The van der Waals surface area contributed by atoms with Crippen LogP contribution < -0.4 is 4.74 Å². The van der Waals surface area contributed by atoms with Gasteiger partial charge in [0.2, 0.25) is 0 Å². The first-order valence-corrected chi connectivity index (χ1v) is 8.64. The number of aliphatic hydroxyl groups excluding tert-OH is 1. The van der Waals surface area contributed by atoms with Gasteiger partial charge in [-0.25, -0.2) is 0 Å². The van der Waals surface area contributed by atoms with Crippen LogP contribution in [0.25, 0.3) is 11.1 Å². The number of aromatic nitrogens is 1. The van der Waals surface area contributed by atoms with Crippen LogP contribution in [0.5, 0.6) is 5.75 Å². The van der Waals surface area contributed by atoms with Crippen molar-refractivity contribution in [2.75, 3.05) is 6.61 Å². The second-order valence-corrected chi connectivity index (χ2v) is 6.48. The average Bonchev–Trinajstić information content (AvgIpc) is 3.18. The van der Waals surface area contributed by atoms with E-state index in [9.17, 15) is 5.11 Å². The van der Waals surface area contributed by atoms with Crippen LogP contribution in [-0.4, -0.2) is 16.9 Å². The van der Waals surface area contributed by atoms with Crippen LogP contribution in [0.15, 0.2) is 34.9 Å². The van der Waals surface area contributed by atoms with Crippen LogP contribution in [0.2, 0.25) is 0 Å². The number of hydrogen-bond donors (Lipinski definition) is 1. The summed E-state index contributed by atoms with van der Waals surface area (Å²) in [6.45, 7) is 6.27. The van der Waals surface area contributed by atoms with E-state index in [4.69, 9.17) is 9.26 Å². The normalized spacial score (nSPS) is 15.8. The van der Waals surface area contributed by atoms with Gasteiger partial charge in [-0.15, -0.1) is 0 Å². The second kappa shape index (κ2) is 7.22. The molecule has 0 amide bonds. The highest BCUT2D eigenvalue weighted by molar-refractivity contribution is 5.70. The minimum Gasteiger partial charge on any atom is -0.494 e. The summed E-state index contributed by atoms with van der Waals surface area (Å²) in [4.78, 5) is 0. The van der Waals surface area contributed by atoms with Gasteiger partial charge >= 0.3 is 0 Å². The fraction of sp³-hybridized carbons (Fsp3) is 0.450. The first-order valence-electron chi connectivity index (χ1n) is 8.64. The van der Waals surface area contributed by atoms with Gasteiger partial charge in [-0.2, -0.15) is 0 Å². The highest BCUT2D eigenvalue weighted by Gasteiger charge is 2.21. The van der Waals surface area contributed by atoms with Crippen molar-refractivity contribution in [3.63, 3.8) is 0 Å². The monoisotopic (exact) mass is 327 g/mol. The number of nitrogens with zero attached hydrogens (tertiary/aromatic N) is 1. The molecule has 128 valence electrons. The molecule has 1 atom stereocenters. The van der Waals surface area contributed by atoms with E-state index in [1.165, 1.54) is 0 Å². The molecule has 24 heavy (non-hydrogen) atoms. The average molecular weight is 327 g/mol. The van der Waals surface area contributed by atoms with Crippen molar-refractivity contribution >= 4 is 0 Å². The highest BCUT2D eigenvalue weighted by atomic mass is 16.5. The van der Waals surface area contributed by atoms with Crippen LogP contribution in [0.4, 0.5) is 0 Å². The summed E-state index contributed by atoms with van der Waals surface area (Å²) in [6.07, 6.45) is 6.98. The number of ether oxygens (including phenoxy) is 1. The molecule has 3 rings (SSSR count). The molecule has 0 radical (unpaired) electrons. The van der Waals surface area contributed by atoms with Crippen molar-refractivity contribution in [1.29, 1.82) is 0 Å². The highest BCUT2D eigenvalue weighted by Crippen LogP contribution is 2.35. The molecule has 2 aromatic rings. The first-order chi connectivity index (χ1) is 11.6. The summed E-state index contributed by atoms with van der Waals surface area (Å²) in [7, 11) is 0. The number of hydrogen-bond acceptors (Lipinski definition) is 4. The second-order valence-electron chi connectivity index (χ2n) is 6.48. The molecule has 4 nitrogen and oxygen atoms in total. The zero-order valence-electron chi connectivity index (χ0n) is 14.6. The molecule has 1 aliphatic rings. The Hall–Kier alpha value is -2.07. The molecular weight excluding hydrogens is 302 g/mol. The Balaban J connectivity index is 1.99. The van der Waals surface area contributed by atoms with Crippen LogP contribution in [0.1, 0.15) is 49.8 Å². The van der Waals surface area contributed by atoms with E-state index in [1.54, 1.807) is 6.92 Å². The summed E-state index contributed by atoms with van der Waals surface area (Å²) in [6, 6.07) is 5.90. The van der Waals surface area contributed by atoms with Gasteiger partial charge < -0.3 is 14.4 Å². The smallest absolute Gasteiger partial charge is 0.145 e. The van der Waals surface area contributed by atoms with Crippen molar-refractivity contribution in [2.24, 2.45) is 5.92 Å². The Labute approximate surface area is 143 Å². The number of aryl methyl sites for hydroxylation is 1. The van der Waals surface area contributed by atoms with Crippen molar-refractivity contribution in [3.8, 4) is 16.9 Å². The maximum absolute atomic E-state index is 10.0. The van der Waals surface area contributed by atoms with E-state index in [0.29, 0.717) is 12.5 Å². The summed E-state index contributed by atoms with van der Waals surface area (Å²) in [5.41, 5.74) is 3.74. The lowest BCUT2D eigenvalue weighted by atomic mass is 9.94. The Kier molecular flexibility index (Phi) is 5.05. The Bertz CT molecular complexity index is 722. The number of rotatable bonds is 6. The molecule has 1 aliphatic carbocycles. The predicted octanol–water partition coefficient (Wildman–Crippen LogP) is 4.61. The standard InChI is InChI=1S/C20H25NO3/c1-4-23-18-11-16(14(3)22)10-17(12-18)20-13(2)21-24-19(20)9-15-7-5-6-8-15/h5-6,10-12,14-15,22H,4,7-9H2,1-3H3. The van der Waals surface area contributed by atoms with Crippen molar-refractivity contribution < 1.29 is 14.4 Å². The topological polar surface area (TPSA) is 55.5 Å². The van der Waals surface area contributed by atoms with Crippen LogP contribution in [0, 0.1) is 12.8 Å².